The normalized spacial score (nSPS) is 25.4. The van der Waals surface area contributed by atoms with Crippen LogP contribution in [-0.2, 0) is 0 Å². The maximum absolute atomic E-state index is 13.0. The van der Waals surface area contributed by atoms with Crippen molar-refractivity contribution in [2.24, 2.45) is 5.92 Å². The first kappa shape index (κ1) is 12.6. The Labute approximate surface area is 107 Å². The van der Waals surface area contributed by atoms with E-state index in [4.69, 9.17) is 11.6 Å². The molecule has 3 heteroatoms. The van der Waals surface area contributed by atoms with Crippen molar-refractivity contribution in [1.82, 2.24) is 5.32 Å². The van der Waals surface area contributed by atoms with Crippen LogP contribution in [0.4, 0.5) is 4.39 Å². The van der Waals surface area contributed by atoms with Gasteiger partial charge < -0.3 is 5.32 Å². The first-order valence-corrected chi connectivity index (χ1v) is 6.39. The van der Waals surface area contributed by atoms with Gasteiger partial charge in [0.05, 0.1) is 5.02 Å². The predicted molar refractivity (Wildman–Crippen MR) is 70.6 cm³/mol. The minimum Gasteiger partial charge on any atom is -0.310 e. The van der Waals surface area contributed by atoms with E-state index in [0.717, 1.165) is 24.4 Å². The zero-order valence-corrected chi connectivity index (χ0v) is 10.7. The molecule has 1 N–H and O–H groups in total. The summed E-state index contributed by atoms with van der Waals surface area (Å²) in [5.41, 5.74) is 0.941. The molecule has 0 aromatic heterocycles. The fraction of sp³-hybridized carbons (Fsp3) is 0.429. The third-order valence-corrected chi connectivity index (χ3v) is 3.45. The maximum Gasteiger partial charge on any atom is 0.141 e. The van der Waals surface area contributed by atoms with Gasteiger partial charge in [0.15, 0.2) is 0 Å². The average molecular weight is 254 g/mol. The van der Waals surface area contributed by atoms with Gasteiger partial charge in [-0.3, -0.25) is 0 Å². The Hall–Kier alpha value is -0.860. The number of nitrogens with one attached hydrogen (secondary N) is 1. The van der Waals surface area contributed by atoms with Gasteiger partial charge in [0.1, 0.15) is 5.82 Å². The molecular weight excluding hydrogens is 237 g/mol. The van der Waals surface area contributed by atoms with E-state index in [1.807, 2.05) is 6.08 Å². The van der Waals surface area contributed by atoms with Crippen LogP contribution in [0.15, 0.2) is 24.3 Å². The smallest absolute Gasteiger partial charge is 0.141 e. The van der Waals surface area contributed by atoms with Gasteiger partial charge in [0, 0.05) is 6.04 Å². The molecule has 1 nitrogen and oxygen atoms in total. The fourth-order valence-electron chi connectivity index (χ4n) is 2.14. The summed E-state index contributed by atoms with van der Waals surface area (Å²) >= 11 is 5.73. The van der Waals surface area contributed by atoms with E-state index in [1.54, 1.807) is 12.1 Å². The van der Waals surface area contributed by atoms with Crippen molar-refractivity contribution in [2.75, 3.05) is 6.54 Å². The van der Waals surface area contributed by atoms with Crippen LogP contribution in [0, 0.1) is 11.7 Å². The molecule has 1 aromatic rings. The molecule has 1 fully saturated rings. The highest BCUT2D eigenvalue weighted by Gasteiger charge is 2.15. The molecule has 92 valence electrons. The largest absolute Gasteiger partial charge is 0.310 e. The highest BCUT2D eigenvalue weighted by atomic mass is 35.5. The Balaban J connectivity index is 2.01. The van der Waals surface area contributed by atoms with E-state index in [1.165, 1.54) is 12.5 Å². The monoisotopic (exact) mass is 253 g/mol. The number of halogens is 2. The van der Waals surface area contributed by atoms with Crippen molar-refractivity contribution >= 4 is 17.7 Å². The summed E-state index contributed by atoms with van der Waals surface area (Å²) in [5, 5.41) is 3.63. The van der Waals surface area contributed by atoms with Crippen molar-refractivity contribution < 1.29 is 4.39 Å². The van der Waals surface area contributed by atoms with E-state index in [-0.39, 0.29) is 10.8 Å². The third kappa shape index (κ3) is 3.55. The Morgan fingerprint density at radius 2 is 2.29 bits per heavy atom. The summed E-state index contributed by atoms with van der Waals surface area (Å²) in [6.45, 7) is 3.34. The molecule has 1 aromatic carbocycles. The first-order valence-electron chi connectivity index (χ1n) is 6.02. The Kier molecular flexibility index (Phi) is 4.19. The molecule has 0 aliphatic carbocycles. The topological polar surface area (TPSA) is 12.0 Å². The summed E-state index contributed by atoms with van der Waals surface area (Å²) in [4.78, 5) is 0. The summed E-state index contributed by atoms with van der Waals surface area (Å²) in [6.07, 6.45) is 6.54. The van der Waals surface area contributed by atoms with Gasteiger partial charge in [0.2, 0.25) is 0 Å². The zero-order valence-electron chi connectivity index (χ0n) is 9.92. The molecule has 0 amide bonds. The quantitative estimate of drug-likeness (QED) is 0.844. The molecule has 1 aliphatic heterocycles. The van der Waals surface area contributed by atoms with Gasteiger partial charge in [-0.15, -0.1) is 0 Å². The van der Waals surface area contributed by atoms with Gasteiger partial charge in [-0.25, -0.2) is 4.39 Å². The van der Waals surface area contributed by atoms with Crippen LogP contribution in [0.25, 0.3) is 6.08 Å². The number of hydrogen-bond acceptors (Lipinski definition) is 1. The van der Waals surface area contributed by atoms with E-state index >= 15 is 0 Å². The van der Waals surface area contributed by atoms with Crippen LogP contribution < -0.4 is 5.32 Å². The Morgan fingerprint density at radius 3 is 3.00 bits per heavy atom. The van der Waals surface area contributed by atoms with Crippen LogP contribution in [-0.4, -0.2) is 12.6 Å². The van der Waals surface area contributed by atoms with E-state index in [0.29, 0.717) is 6.04 Å². The minimum absolute atomic E-state index is 0.178. The van der Waals surface area contributed by atoms with Crippen LogP contribution in [0.3, 0.4) is 0 Å². The first-order chi connectivity index (χ1) is 8.15. The van der Waals surface area contributed by atoms with Gasteiger partial charge in [-0.05, 0) is 43.0 Å². The lowest BCUT2D eigenvalue weighted by molar-refractivity contribution is 0.357. The molecule has 0 saturated carbocycles. The summed E-state index contributed by atoms with van der Waals surface area (Å²) < 4.78 is 13.0. The second-order valence-corrected chi connectivity index (χ2v) is 5.13. The van der Waals surface area contributed by atoms with Crippen molar-refractivity contribution in [3.8, 4) is 0 Å². The molecule has 2 rings (SSSR count). The maximum atomic E-state index is 13.0. The van der Waals surface area contributed by atoms with Crippen LogP contribution in [0.2, 0.25) is 5.02 Å². The Morgan fingerprint density at radius 1 is 1.47 bits per heavy atom. The Bertz CT molecular complexity index is 417. The number of rotatable bonds is 2. The summed E-state index contributed by atoms with van der Waals surface area (Å²) in [6, 6.07) is 5.21. The van der Waals surface area contributed by atoms with Crippen molar-refractivity contribution in [1.29, 1.82) is 0 Å². The molecule has 2 atom stereocenters. The van der Waals surface area contributed by atoms with Crippen LogP contribution in [0.1, 0.15) is 25.3 Å². The highest BCUT2D eigenvalue weighted by molar-refractivity contribution is 6.30. The van der Waals surface area contributed by atoms with E-state index in [2.05, 4.69) is 18.3 Å². The van der Waals surface area contributed by atoms with E-state index < -0.39 is 0 Å². The van der Waals surface area contributed by atoms with Crippen LogP contribution in [0.5, 0.6) is 0 Å². The molecule has 17 heavy (non-hydrogen) atoms. The lowest BCUT2D eigenvalue weighted by atomic mass is 9.94. The molecule has 2 unspecified atom stereocenters. The SMILES string of the molecule is CC1CCNC(/C=C/c2ccc(F)c(Cl)c2)C1. The molecule has 1 saturated heterocycles. The highest BCUT2D eigenvalue weighted by Crippen LogP contribution is 2.19. The van der Waals surface area contributed by atoms with Crippen molar-refractivity contribution in [3.05, 3.63) is 40.7 Å². The van der Waals surface area contributed by atoms with Crippen molar-refractivity contribution in [2.45, 2.75) is 25.8 Å². The average Bonchev–Trinajstić information content (AvgIpc) is 2.31. The second kappa shape index (κ2) is 5.65. The standard InChI is InChI=1S/C14H17ClFN/c1-10-6-7-17-12(8-10)4-2-11-3-5-14(16)13(15)9-11/h2-5,9-10,12,17H,6-8H2,1H3/b4-2+. The number of hydrogen-bond donors (Lipinski definition) is 1. The van der Waals surface area contributed by atoms with Crippen molar-refractivity contribution in [3.63, 3.8) is 0 Å². The van der Waals surface area contributed by atoms with Gasteiger partial charge in [0.25, 0.3) is 0 Å². The van der Waals surface area contributed by atoms with Gasteiger partial charge in [-0.1, -0.05) is 36.7 Å². The second-order valence-electron chi connectivity index (χ2n) is 4.72. The molecule has 1 aliphatic rings. The summed E-state index contributed by atoms with van der Waals surface area (Å²) in [5.74, 6) is 0.399. The molecule has 1 heterocycles. The van der Waals surface area contributed by atoms with Crippen LogP contribution >= 0.6 is 11.6 Å². The predicted octanol–water partition coefficient (Wildman–Crippen LogP) is 3.88. The molecule has 0 spiro atoms. The third-order valence-electron chi connectivity index (χ3n) is 3.16. The number of benzene rings is 1. The van der Waals surface area contributed by atoms with E-state index in [9.17, 15) is 4.39 Å². The summed E-state index contributed by atoms with van der Waals surface area (Å²) in [7, 11) is 0. The fourth-order valence-corrected chi connectivity index (χ4v) is 2.33. The van der Waals surface area contributed by atoms with Gasteiger partial charge >= 0.3 is 0 Å². The molecular formula is C14H17ClFN. The number of piperidine rings is 1. The molecule has 0 bridgehead atoms. The molecule has 0 radical (unpaired) electrons. The lowest BCUT2D eigenvalue weighted by Gasteiger charge is -2.25. The zero-order chi connectivity index (χ0) is 12.3. The minimum atomic E-state index is -0.367. The lowest BCUT2D eigenvalue weighted by Crippen LogP contribution is -2.35. The van der Waals surface area contributed by atoms with Gasteiger partial charge in [-0.2, -0.15) is 0 Å².